The molecule has 1 amide bonds. The topological polar surface area (TPSA) is 59.4 Å². The molecular formula is C25H30Cl2N4O2. The summed E-state index contributed by atoms with van der Waals surface area (Å²) in [6.07, 6.45) is 2.74. The Morgan fingerprint density at radius 1 is 1.18 bits per heavy atom. The number of rotatable bonds is 5. The van der Waals surface area contributed by atoms with Crippen molar-refractivity contribution < 1.29 is 9.53 Å². The van der Waals surface area contributed by atoms with E-state index >= 15 is 0 Å². The van der Waals surface area contributed by atoms with Crippen LogP contribution in [0.3, 0.4) is 0 Å². The first-order valence-electron chi connectivity index (χ1n) is 11.3. The number of aromatic nitrogens is 2. The number of hydrogen-bond acceptors (Lipinski definition) is 4. The van der Waals surface area contributed by atoms with Crippen molar-refractivity contribution in [1.82, 2.24) is 14.5 Å². The van der Waals surface area contributed by atoms with E-state index in [1.807, 2.05) is 62.1 Å². The molecule has 1 saturated heterocycles. The van der Waals surface area contributed by atoms with E-state index in [2.05, 4.69) is 9.88 Å². The van der Waals surface area contributed by atoms with Crippen molar-refractivity contribution >= 4 is 46.3 Å². The number of para-hydroxylation sites is 2. The normalized spacial score (nSPS) is 16.8. The van der Waals surface area contributed by atoms with Gasteiger partial charge in [-0.05, 0) is 75.9 Å². The van der Waals surface area contributed by atoms with E-state index in [4.69, 9.17) is 32.9 Å². The van der Waals surface area contributed by atoms with Gasteiger partial charge < -0.3 is 19.5 Å². The summed E-state index contributed by atoms with van der Waals surface area (Å²) in [6, 6.07) is 13.5. The monoisotopic (exact) mass is 488 g/mol. The first-order valence-corrected chi connectivity index (χ1v) is 12.1. The molecule has 33 heavy (non-hydrogen) atoms. The molecule has 0 bridgehead atoms. The highest BCUT2D eigenvalue weighted by Gasteiger charge is 2.30. The number of imidazole rings is 1. The molecule has 0 aliphatic carbocycles. The van der Waals surface area contributed by atoms with Crippen LogP contribution >= 0.6 is 23.2 Å². The van der Waals surface area contributed by atoms with Gasteiger partial charge in [-0.1, -0.05) is 35.3 Å². The predicted molar refractivity (Wildman–Crippen MR) is 134 cm³/mol. The fourth-order valence-electron chi connectivity index (χ4n) is 4.19. The average Bonchev–Trinajstić information content (AvgIpc) is 3.11. The Bertz CT molecular complexity index is 1140. The lowest BCUT2D eigenvalue weighted by atomic mass is 10.0. The molecule has 2 aromatic carbocycles. The molecule has 0 spiro atoms. The first-order chi connectivity index (χ1) is 15.7. The molecule has 2 heterocycles. The van der Waals surface area contributed by atoms with Gasteiger partial charge in [0, 0.05) is 23.1 Å². The SMILES string of the molecule is CC(C)(C)OC(=O)N1CCCC[C@@H]1CNc1nc2ccccc2n1Cc1cc(Cl)ccc1Cl. The number of hydrogen-bond donors (Lipinski definition) is 1. The quantitative estimate of drug-likeness (QED) is 0.439. The van der Waals surface area contributed by atoms with Crippen molar-refractivity contribution in [3.05, 3.63) is 58.1 Å². The second-order valence-corrected chi connectivity index (χ2v) is 10.3. The molecular weight excluding hydrogens is 459 g/mol. The summed E-state index contributed by atoms with van der Waals surface area (Å²) in [5, 5.41) is 4.80. The number of likely N-dealkylation sites (tertiary alicyclic amines) is 1. The molecule has 3 aromatic rings. The minimum Gasteiger partial charge on any atom is -0.444 e. The summed E-state index contributed by atoms with van der Waals surface area (Å²) in [4.78, 5) is 19.4. The van der Waals surface area contributed by atoms with E-state index in [1.165, 1.54) is 0 Å². The van der Waals surface area contributed by atoms with Crippen molar-refractivity contribution in [1.29, 1.82) is 0 Å². The Morgan fingerprint density at radius 3 is 2.76 bits per heavy atom. The Labute approximate surface area is 204 Å². The van der Waals surface area contributed by atoms with Crippen LogP contribution in [0.5, 0.6) is 0 Å². The fraction of sp³-hybridized carbons (Fsp3) is 0.440. The van der Waals surface area contributed by atoms with Gasteiger partial charge in [0.05, 0.1) is 23.6 Å². The van der Waals surface area contributed by atoms with Gasteiger partial charge in [0.1, 0.15) is 5.60 Å². The van der Waals surface area contributed by atoms with Crippen LogP contribution < -0.4 is 5.32 Å². The molecule has 1 aromatic heterocycles. The van der Waals surface area contributed by atoms with Crippen LogP contribution in [0.25, 0.3) is 11.0 Å². The predicted octanol–water partition coefficient (Wildman–Crippen LogP) is 6.59. The van der Waals surface area contributed by atoms with Crippen molar-refractivity contribution in [2.24, 2.45) is 0 Å². The summed E-state index contributed by atoms with van der Waals surface area (Å²) in [7, 11) is 0. The number of anilines is 1. The zero-order valence-electron chi connectivity index (χ0n) is 19.3. The van der Waals surface area contributed by atoms with Crippen LogP contribution in [-0.2, 0) is 11.3 Å². The average molecular weight is 489 g/mol. The van der Waals surface area contributed by atoms with Gasteiger partial charge >= 0.3 is 6.09 Å². The zero-order valence-corrected chi connectivity index (χ0v) is 20.8. The minimum atomic E-state index is -0.517. The lowest BCUT2D eigenvalue weighted by molar-refractivity contribution is 0.0114. The second kappa shape index (κ2) is 9.82. The van der Waals surface area contributed by atoms with Crippen LogP contribution in [0, 0.1) is 0 Å². The molecule has 4 rings (SSSR count). The standard InChI is InChI=1S/C25H30Cl2N4O2/c1-25(2,3)33-24(32)30-13-7-6-8-19(30)15-28-23-29-21-9-4-5-10-22(21)31(23)16-17-14-18(26)11-12-20(17)27/h4-5,9-12,14,19H,6-8,13,15-16H2,1-3H3,(H,28,29)/t19-/m1/s1. The zero-order chi connectivity index (χ0) is 23.6. The van der Waals surface area contributed by atoms with E-state index in [9.17, 15) is 4.79 Å². The number of nitrogens with zero attached hydrogens (tertiary/aromatic N) is 3. The summed E-state index contributed by atoms with van der Waals surface area (Å²) in [6.45, 7) is 7.51. The molecule has 1 atom stereocenters. The lowest BCUT2D eigenvalue weighted by Gasteiger charge is -2.36. The highest BCUT2D eigenvalue weighted by atomic mass is 35.5. The summed E-state index contributed by atoms with van der Waals surface area (Å²) in [5.41, 5.74) is 2.30. The molecule has 0 saturated carbocycles. The van der Waals surface area contributed by atoms with Gasteiger partial charge in [-0.2, -0.15) is 0 Å². The molecule has 6 nitrogen and oxygen atoms in total. The largest absolute Gasteiger partial charge is 0.444 e. The van der Waals surface area contributed by atoms with E-state index in [0.29, 0.717) is 29.7 Å². The third kappa shape index (κ3) is 5.74. The third-order valence-corrected chi connectivity index (χ3v) is 6.35. The fourth-order valence-corrected chi connectivity index (χ4v) is 4.56. The molecule has 1 aliphatic rings. The van der Waals surface area contributed by atoms with Gasteiger partial charge in [0.25, 0.3) is 0 Å². The van der Waals surface area contributed by atoms with Crippen LogP contribution in [-0.4, -0.2) is 45.3 Å². The van der Waals surface area contributed by atoms with Crippen LogP contribution in [0.2, 0.25) is 10.0 Å². The highest BCUT2D eigenvalue weighted by molar-refractivity contribution is 6.33. The molecule has 0 unspecified atom stereocenters. The van der Waals surface area contributed by atoms with Crippen LogP contribution in [0.1, 0.15) is 45.6 Å². The Hall–Kier alpha value is -2.44. The number of carbonyl (C=O) groups excluding carboxylic acids is 1. The maximum Gasteiger partial charge on any atom is 0.410 e. The van der Waals surface area contributed by atoms with Crippen molar-refractivity contribution in [2.75, 3.05) is 18.4 Å². The number of ether oxygens (including phenoxy) is 1. The van der Waals surface area contributed by atoms with E-state index in [1.54, 1.807) is 6.07 Å². The van der Waals surface area contributed by atoms with Gasteiger partial charge in [0.15, 0.2) is 0 Å². The summed E-state index contributed by atoms with van der Waals surface area (Å²) in [5.74, 6) is 0.738. The van der Waals surface area contributed by atoms with Gasteiger partial charge in [-0.15, -0.1) is 0 Å². The number of piperidine rings is 1. The van der Waals surface area contributed by atoms with Crippen molar-refractivity contribution in [3.8, 4) is 0 Å². The smallest absolute Gasteiger partial charge is 0.410 e. The number of benzene rings is 2. The number of halogens is 2. The highest BCUT2D eigenvalue weighted by Crippen LogP contribution is 2.27. The molecule has 8 heteroatoms. The van der Waals surface area contributed by atoms with Crippen LogP contribution in [0.4, 0.5) is 10.7 Å². The van der Waals surface area contributed by atoms with Gasteiger partial charge in [-0.3, -0.25) is 0 Å². The number of carbonyl (C=O) groups is 1. The summed E-state index contributed by atoms with van der Waals surface area (Å²) >= 11 is 12.7. The summed E-state index contributed by atoms with van der Waals surface area (Å²) < 4.78 is 7.75. The van der Waals surface area contributed by atoms with Crippen molar-refractivity contribution in [3.63, 3.8) is 0 Å². The van der Waals surface area contributed by atoms with E-state index in [0.717, 1.165) is 41.8 Å². The molecule has 1 aliphatic heterocycles. The van der Waals surface area contributed by atoms with E-state index < -0.39 is 5.60 Å². The maximum atomic E-state index is 12.8. The molecule has 1 N–H and O–H groups in total. The van der Waals surface area contributed by atoms with Gasteiger partial charge in [-0.25, -0.2) is 9.78 Å². The van der Waals surface area contributed by atoms with Crippen molar-refractivity contribution in [2.45, 2.75) is 58.2 Å². The Balaban J connectivity index is 1.57. The maximum absolute atomic E-state index is 12.8. The molecule has 176 valence electrons. The number of nitrogens with one attached hydrogen (secondary N) is 1. The van der Waals surface area contributed by atoms with E-state index in [-0.39, 0.29) is 12.1 Å². The molecule has 1 fully saturated rings. The Kier molecular flexibility index (Phi) is 7.05. The Morgan fingerprint density at radius 2 is 1.97 bits per heavy atom. The number of fused-ring (bicyclic) bond motifs is 1. The molecule has 0 radical (unpaired) electrons. The lowest BCUT2D eigenvalue weighted by Crippen LogP contribution is -2.49. The second-order valence-electron chi connectivity index (χ2n) is 9.45. The number of amides is 1. The first kappa shape index (κ1) is 23.7. The van der Waals surface area contributed by atoms with Crippen LogP contribution in [0.15, 0.2) is 42.5 Å². The third-order valence-electron chi connectivity index (χ3n) is 5.74. The minimum absolute atomic E-state index is 0.0385. The van der Waals surface area contributed by atoms with Gasteiger partial charge in [0.2, 0.25) is 5.95 Å².